The van der Waals surface area contributed by atoms with E-state index in [0.717, 1.165) is 94.3 Å². The molecule has 3 nitrogen and oxygen atoms in total. The molecule has 2 aromatic heterocycles. The van der Waals surface area contributed by atoms with Crippen LogP contribution in [-0.4, -0.2) is 0 Å². The molecule has 12 aromatic rings. The van der Waals surface area contributed by atoms with Gasteiger partial charge in [-0.15, -0.1) is 0 Å². The molecule has 0 unspecified atom stereocenters. The van der Waals surface area contributed by atoms with Crippen LogP contribution >= 0.6 is 0 Å². The maximum absolute atomic E-state index is 6.76. The minimum Gasteiger partial charge on any atom is -0.455 e. The summed E-state index contributed by atoms with van der Waals surface area (Å²) in [5.74, 6) is 0. The Kier molecular flexibility index (Phi) is 8.17. The van der Waals surface area contributed by atoms with Gasteiger partial charge in [-0.05, 0) is 75.5 Å². The van der Waals surface area contributed by atoms with Gasteiger partial charge < -0.3 is 13.7 Å². The number of rotatable bonds is 7. The van der Waals surface area contributed by atoms with Crippen LogP contribution in [0.5, 0.6) is 0 Å². The van der Waals surface area contributed by atoms with Gasteiger partial charge in [0.15, 0.2) is 0 Å². The quantitative estimate of drug-likeness (QED) is 0.161. The molecule has 0 radical (unpaired) electrons. The highest BCUT2D eigenvalue weighted by molar-refractivity contribution is 6.14. The lowest BCUT2D eigenvalue weighted by atomic mass is 9.92. The van der Waals surface area contributed by atoms with Gasteiger partial charge in [0, 0.05) is 55.2 Å². The van der Waals surface area contributed by atoms with Crippen molar-refractivity contribution in [2.24, 2.45) is 0 Å². The SMILES string of the molecule is c1ccc(-c2ccc(N(c3ccc(-c4ccc5ccccc5c4)cc3)c3c(-c4cccc5c4oc4ccccc45)cccc3-c3cccc4c3oc3ccccc34)cc2)cc1. The molecule has 0 aliphatic rings. The zero-order valence-electron chi connectivity index (χ0n) is 33.1. The zero-order valence-corrected chi connectivity index (χ0v) is 33.1. The molecule has 0 aliphatic heterocycles. The molecule has 10 aromatic carbocycles. The Bertz CT molecular complexity index is 3450. The van der Waals surface area contributed by atoms with E-state index in [0.29, 0.717) is 0 Å². The largest absolute Gasteiger partial charge is 0.455 e. The molecule has 61 heavy (non-hydrogen) atoms. The minimum atomic E-state index is 0.857. The second-order valence-electron chi connectivity index (χ2n) is 15.6. The molecule has 286 valence electrons. The van der Waals surface area contributed by atoms with Crippen molar-refractivity contribution in [3.8, 4) is 44.5 Å². The number of nitrogens with zero attached hydrogens (tertiary/aromatic N) is 1. The maximum atomic E-state index is 6.76. The first-order valence-corrected chi connectivity index (χ1v) is 20.7. The van der Waals surface area contributed by atoms with Crippen LogP contribution in [0, 0.1) is 0 Å². The number of furan rings is 2. The highest BCUT2D eigenvalue weighted by Crippen LogP contribution is 2.50. The first-order chi connectivity index (χ1) is 30.2. The fourth-order valence-electron chi connectivity index (χ4n) is 9.15. The number of benzene rings is 10. The van der Waals surface area contributed by atoms with Gasteiger partial charge in [0.25, 0.3) is 0 Å². The van der Waals surface area contributed by atoms with Crippen molar-refractivity contribution >= 4 is 71.7 Å². The third-order valence-electron chi connectivity index (χ3n) is 12.1. The number of hydrogen-bond acceptors (Lipinski definition) is 3. The van der Waals surface area contributed by atoms with E-state index in [-0.39, 0.29) is 0 Å². The van der Waals surface area contributed by atoms with Crippen LogP contribution in [0.15, 0.2) is 233 Å². The monoisotopic (exact) mass is 779 g/mol. The summed E-state index contributed by atoms with van der Waals surface area (Å²) in [6, 6.07) is 79.9. The number of fused-ring (bicyclic) bond motifs is 7. The number of anilines is 3. The fourth-order valence-corrected chi connectivity index (χ4v) is 9.15. The molecule has 0 amide bonds. The van der Waals surface area contributed by atoms with Crippen LogP contribution in [0.4, 0.5) is 17.1 Å². The van der Waals surface area contributed by atoms with Crippen molar-refractivity contribution in [3.05, 3.63) is 224 Å². The fraction of sp³-hybridized carbons (Fsp3) is 0. The third kappa shape index (κ3) is 5.90. The van der Waals surface area contributed by atoms with E-state index in [4.69, 9.17) is 8.83 Å². The van der Waals surface area contributed by atoms with Crippen molar-refractivity contribution in [2.75, 3.05) is 4.90 Å². The molecular weight excluding hydrogens is 743 g/mol. The van der Waals surface area contributed by atoms with Gasteiger partial charge in [-0.25, -0.2) is 0 Å². The maximum Gasteiger partial charge on any atom is 0.143 e. The van der Waals surface area contributed by atoms with Crippen LogP contribution in [-0.2, 0) is 0 Å². The second-order valence-corrected chi connectivity index (χ2v) is 15.6. The van der Waals surface area contributed by atoms with E-state index in [1.807, 2.05) is 12.1 Å². The van der Waals surface area contributed by atoms with Crippen molar-refractivity contribution in [1.82, 2.24) is 0 Å². The molecule has 12 rings (SSSR count). The Morgan fingerprint density at radius 2 is 0.705 bits per heavy atom. The van der Waals surface area contributed by atoms with Gasteiger partial charge in [0.2, 0.25) is 0 Å². The highest BCUT2D eigenvalue weighted by atomic mass is 16.3. The molecule has 0 fully saturated rings. The molecule has 0 saturated heterocycles. The Labute approximate surface area is 353 Å². The van der Waals surface area contributed by atoms with E-state index in [9.17, 15) is 0 Å². The normalized spacial score (nSPS) is 11.6. The topological polar surface area (TPSA) is 29.5 Å². The zero-order chi connectivity index (χ0) is 40.3. The molecule has 0 N–H and O–H groups in total. The molecule has 2 heterocycles. The Morgan fingerprint density at radius 1 is 0.279 bits per heavy atom. The number of para-hydroxylation sites is 5. The van der Waals surface area contributed by atoms with E-state index in [2.05, 4.69) is 217 Å². The lowest BCUT2D eigenvalue weighted by molar-refractivity contribution is 0.670. The smallest absolute Gasteiger partial charge is 0.143 e. The van der Waals surface area contributed by atoms with Crippen molar-refractivity contribution < 1.29 is 8.83 Å². The molecule has 0 bridgehead atoms. The first-order valence-electron chi connectivity index (χ1n) is 20.7. The Balaban J connectivity index is 1.13. The first kappa shape index (κ1) is 34.9. The summed E-state index contributed by atoms with van der Waals surface area (Å²) in [6.45, 7) is 0. The average Bonchev–Trinajstić information content (AvgIpc) is 3.91. The van der Waals surface area contributed by atoms with Crippen molar-refractivity contribution in [2.45, 2.75) is 0 Å². The summed E-state index contributed by atoms with van der Waals surface area (Å²) in [6.07, 6.45) is 0. The standard InChI is InChI=1S/C58H37NO2/c1-2-13-38(14-3-1)40-29-33-44(34-30-40)59(45-35-31-41(32-36-45)43-28-27-39-15-4-5-16-42(39)37-43)56-48(52-23-11-21-50-46-17-6-8-25-54(46)60-57(50)52)19-10-20-49(56)53-24-12-22-51-47-18-7-9-26-55(47)61-58(51)53/h1-37H. The minimum absolute atomic E-state index is 0.857. The van der Waals surface area contributed by atoms with E-state index in [1.54, 1.807) is 0 Å². The molecule has 0 spiro atoms. The van der Waals surface area contributed by atoms with Crippen LogP contribution < -0.4 is 4.90 Å². The van der Waals surface area contributed by atoms with Crippen LogP contribution in [0.25, 0.3) is 99.2 Å². The van der Waals surface area contributed by atoms with E-state index >= 15 is 0 Å². The summed E-state index contributed by atoms with van der Waals surface area (Å²) >= 11 is 0. The van der Waals surface area contributed by atoms with Gasteiger partial charge in [-0.2, -0.15) is 0 Å². The summed E-state index contributed by atoms with van der Waals surface area (Å²) in [5.41, 5.74) is 15.3. The lowest BCUT2D eigenvalue weighted by Crippen LogP contribution is -2.13. The van der Waals surface area contributed by atoms with Gasteiger partial charge in [-0.3, -0.25) is 0 Å². The molecule has 0 saturated carbocycles. The third-order valence-corrected chi connectivity index (χ3v) is 12.1. The predicted octanol–water partition coefficient (Wildman–Crippen LogP) is 16.8. The van der Waals surface area contributed by atoms with Crippen LogP contribution in [0.3, 0.4) is 0 Å². The average molecular weight is 780 g/mol. The van der Waals surface area contributed by atoms with E-state index < -0.39 is 0 Å². The summed E-state index contributed by atoms with van der Waals surface area (Å²) in [5, 5.41) is 6.83. The summed E-state index contributed by atoms with van der Waals surface area (Å²) in [4.78, 5) is 2.41. The molecule has 3 heteroatoms. The lowest BCUT2D eigenvalue weighted by Gasteiger charge is -2.30. The van der Waals surface area contributed by atoms with Crippen LogP contribution in [0.1, 0.15) is 0 Å². The van der Waals surface area contributed by atoms with Gasteiger partial charge in [-0.1, -0.05) is 182 Å². The number of hydrogen-bond donors (Lipinski definition) is 0. The molecule has 0 aliphatic carbocycles. The van der Waals surface area contributed by atoms with Crippen molar-refractivity contribution in [1.29, 1.82) is 0 Å². The molecular formula is C58H37NO2. The van der Waals surface area contributed by atoms with Gasteiger partial charge >= 0.3 is 0 Å². The van der Waals surface area contributed by atoms with E-state index in [1.165, 1.54) is 21.9 Å². The van der Waals surface area contributed by atoms with Crippen molar-refractivity contribution in [3.63, 3.8) is 0 Å². The molecule has 0 atom stereocenters. The summed E-state index contributed by atoms with van der Waals surface area (Å²) in [7, 11) is 0. The second kappa shape index (κ2) is 14.3. The highest BCUT2D eigenvalue weighted by Gasteiger charge is 2.26. The Hall–Kier alpha value is -8.14. The Morgan fingerprint density at radius 3 is 1.30 bits per heavy atom. The predicted molar refractivity (Wildman–Crippen MR) is 255 cm³/mol. The summed E-state index contributed by atoms with van der Waals surface area (Å²) < 4.78 is 13.5. The van der Waals surface area contributed by atoms with Crippen LogP contribution in [0.2, 0.25) is 0 Å². The van der Waals surface area contributed by atoms with Gasteiger partial charge in [0.05, 0.1) is 5.69 Å². The van der Waals surface area contributed by atoms with Gasteiger partial charge in [0.1, 0.15) is 22.3 Å².